The average Bonchev–Trinajstić information content (AvgIpc) is 2.97. The minimum atomic E-state index is -0.709. The number of rotatable bonds is 3. The Morgan fingerprint density at radius 1 is 1.20 bits per heavy atom. The number of aliphatic hydroxyl groups is 1. The molecule has 0 spiro atoms. The maximum Gasteiger partial charge on any atom is 0.315 e. The van der Waals surface area contributed by atoms with Crippen molar-refractivity contribution in [1.29, 1.82) is 0 Å². The number of hydrogen-bond acceptors (Lipinski definition) is 3. The Morgan fingerprint density at radius 3 is 2.55 bits per heavy atom. The lowest BCUT2D eigenvalue weighted by atomic mass is 9.94. The molecule has 0 aromatic heterocycles. The molecule has 0 aromatic carbocycles. The average molecular weight is 282 g/mol. The number of ether oxygens (including phenoxy) is 1. The molecule has 0 aromatic rings. The van der Waals surface area contributed by atoms with E-state index in [1.807, 2.05) is 0 Å². The van der Waals surface area contributed by atoms with Crippen molar-refractivity contribution in [2.45, 2.75) is 81.6 Å². The number of hydrogen-bond donors (Lipinski definition) is 3. The zero-order valence-corrected chi connectivity index (χ0v) is 12.1. The number of carbonyl (C=O) groups is 1. The monoisotopic (exact) mass is 282 g/mol. The lowest BCUT2D eigenvalue weighted by molar-refractivity contribution is 0.0275. The van der Waals surface area contributed by atoms with Gasteiger partial charge in [0.1, 0.15) is 0 Å². The number of nitrogens with one attached hydrogen (secondary N) is 2. The predicted octanol–water partition coefficient (Wildman–Crippen LogP) is 1.69. The van der Waals surface area contributed by atoms with Crippen molar-refractivity contribution in [3.8, 4) is 0 Å². The molecule has 2 aliphatic heterocycles. The topological polar surface area (TPSA) is 70.6 Å². The van der Waals surface area contributed by atoms with Crippen LogP contribution in [-0.4, -0.2) is 41.5 Å². The summed E-state index contributed by atoms with van der Waals surface area (Å²) in [5, 5.41) is 16.3. The first kappa shape index (κ1) is 14.1. The smallest absolute Gasteiger partial charge is 0.315 e. The van der Waals surface area contributed by atoms with Crippen molar-refractivity contribution in [3.63, 3.8) is 0 Å². The molecule has 5 nitrogen and oxygen atoms in total. The fraction of sp³-hybridized carbons (Fsp3) is 0.933. The van der Waals surface area contributed by atoms with E-state index in [2.05, 4.69) is 10.6 Å². The minimum Gasteiger partial charge on any atom is -0.388 e. The van der Waals surface area contributed by atoms with E-state index < -0.39 is 5.60 Å². The third-order valence-corrected chi connectivity index (χ3v) is 5.03. The maximum atomic E-state index is 12.0. The van der Waals surface area contributed by atoms with Crippen LogP contribution in [0.25, 0.3) is 0 Å². The first-order valence-corrected chi connectivity index (χ1v) is 8.07. The van der Waals surface area contributed by atoms with E-state index in [4.69, 9.17) is 4.74 Å². The summed E-state index contributed by atoms with van der Waals surface area (Å²) in [4.78, 5) is 12.0. The van der Waals surface area contributed by atoms with Gasteiger partial charge in [-0.2, -0.15) is 0 Å². The molecule has 20 heavy (non-hydrogen) atoms. The van der Waals surface area contributed by atoms with Gasteiger partial charge in [-0.1, -0.05) is 25.7 Å². The van der Waals surface area contributed by atoms with Gasteiger partial charge in [-0.25, -0.2) is 4.79 Å². The molecule has 0 radical (unpaired) electrons. The Hall–Kier alpha value is -0.810. The van der Waals surface area contributed by atoms with Crippen LogP contribution < -0.4 is 10.6 Å². The van der Waals surface area contributed by atoms with Gasteiger partial charge in [-0.05, 0) is 32.1 Å². The third-order valence-electron chi connectivity index (χ3n) is 5.03. The van der Waals surface area contributed by atoms with Gasteiger partial charge in [0.2, 0.25) is 0 Å². The second-order valence-corrected chi connectivity index (χ2v) is 6.68. The second-order valence-electron chi connectivity index (χ2n) is 6.68. The van der Waals surface area contributed by atoms with E-state index in [1.54, 1.807) is 0 Å². The Labute approximate surface area is 120 Å². The van der Waals surface area contributed by atoms with Crippen LogP contribution in [0.3, 0.4) is 0 Å². The summed E-state index contributed by atoms with van der Waals surface area (Å²) in [6.45, 7) is 0.362. The minimum absolute atomic E-state index is 0.150. The Kier molecular flexibility index (Phi) is 4.17. The molecule has 2 amide bonds. The van der Waals surface area contributed by atoms with Crippen LogP contribution in [0.2, 0.25) is 0 Å². The highest BCUT2D eigenvalue weighted by Crippen LogP contribution is 2.34. The van der Waals surface area contributed by atoms with Crippen molar-refractivity contribution in [1.82, 2.24) is 10.6 Å². The summed E-state index contributed by atoms with van der Waals surface area (Å²) >= 11 is 0. The van der Waals surface area contributed by atoms with Gasteiger partial charge in [0.25, 0.3) is 0 Å². The van der Waals surface area contributed by atoms with Crippen LogP contribution in [-0.2, 0) is 4.74 Å². The Morgan fingerprint density at radius 2 is 1.95 bits per heavy atom. The number of carbonyl (C=O) groups excluding carboxylic acids is 1. The normalized spacial score (nSPS) is 35.5. The molecular weight excluding hydrogens is 256 g/mol. The van der Waals surface area contributed by atoms with Crippen molar-refractivity contribution in [3.05, 3.63) is 0 Å². The molecule has 2 heterocycles. The standard InChI is InChI=1S/C15H26N2O3/c18-14(17-12-9-11-5-6-13(12)20-11)16-10-15(19)7-3-1-2-4-8-15/h11-13,19H,1-10H2,(H2,16,17,18)/t11-,12+,13-/m1/s1. The second kappa shape index (κ2) is 5.90. The number of urea groups is 1. The van der Waals surface area contributed by atoms with E-state index >= 15 is 0 Å². The van der Waals surface area contributed by atoms with Crippen molar-refractivity contribution >= 4 is 6.03 Å². The van der Waals surface area contributed by atoms with Crippen LogP contribution in [0.4, 0.5) is 4.79 Å². The van der Waals surface area contributed by atoms with Gasteiger partial charge in [-0.15, -0.1) is 0 Å². The molecule has 1 aliphatic carbocycles. The zero-order valence-electron chi connectivity index (χ0n) is 12.1. The summed E-state index contributed by atoms with van der Waals surface area (Å²) in [7, 11) is 0. The van der Waals surface area contributed by atoms with E-state index in [9.17, 15) is 9.90 Å². The van der Waals surface area contributed by atoms with Crippen molar-refractivity contribution in [2.24, 2.45) is 0 Å². The van der Waals surface area contributed by atoms with E-state index in [0.29, 0.717) is 12.6 Å². The molecule has 5 heteroatoms. The van der Waals surface area contributed by atoms with E-state index in [0.717, 1.165) is 44.9 Å². The highest BCUT2D eigenvalue weighted by molar-refractivity contribution is 5.74. The molecule has 3 fully saturated rings. The van der Waals surface area contributed by atoms with Crippen molar-refractivity contribution < 1.29 is 14.6 Å². The molecule has 3 atom stereocenters. The van der Waals surface area contributed by atoms with Gasteiger partial charge >= 0.3 is 6.03 Å². The third kappa shape index (κ3) is 3.26. The van der Waals surface area contributed by atoms with E-state index in [-0.39, 0.29) is 18.2 Å². The largest absolute Gasteiger partial charge is 0.388 e. The van der Waals surface area contributed by atoms with Gasteiger partial charge in [0.15, 0.2) is 0 Å². The molecular formula is C15H26N2O3. The van der Waals surface area contributed by atoms with Crippen LogP contribution in [0.5, 0.6) is 0 Å². The highest BCUT2D eigenvalue weighted by atomic mass is 16.5. The molecule has 3 rings (SSSR count). The quantitative estimate of drug-likeness (QED) is 0.690. The summed E-state index contributed by atoms with van der Waals surface area (Å²) < 4.78 is 5.72. The molecule has 0 unspecified atom stereocenters. The van der Waals surface area contributed by atoms with Gasteiger partial charge in [0, 0.05) is 6.54 Å². The SMILES string of the molecule is O=C(NCC1(O)CCCCCC1)N[C@H]1C[C@H]2CC[C@H]1O2. The number of fused-ring (bicyclic) bond motifs is 2. The lowest BCUT2D eigenvalue weighted by Gasteiger charge is -2.27. The first-order chi connectivity index (χ1) is 9.65. The fourth-order valence-corrected chi connectivity index (χ4v) is 3.82. The molecule has 2 saturated heterocycles. The van der Waals surface area contributed by atoms with Crippen LogP contribution in [0, 0.1) is 0 Å². The lowest BCUT2D eigenvalue weighted by Crippen LogP contribution is -2.50. The predicted molar refractivity (Wildman–Crippen MR) is 75.5 cm³/mol. The summed E-state index contributed by atoms with van der Waals surface area (Å²) in [6, 6.07) is -0.0126. The Balaban J connectivity index is 1.42. The van der Waals surface area contributed by atoms with Gasteiger partial charge < -0.3 is 20.5 Å². The first-order valence-electron chi connectivity index (χ1n) is 8.07. The van der Waals surface area contributed by atoms with Crippen LogP contribution >= 0.6 is 0 Å². The molecule has 3 N–H and O–H groups in total. The van der Waals surface area contributed by atoms with Gasteiger partial charge in [-0.3, -0.25) is 0 Å². The van der Waals surface area contributed by atoms with Crippen LogP contribution in [0.1, 0.15) is 57.8 Å². The fourth-order valence-electron chi connectivity index (χ4n) is 3.82. The summed E-state index contributed by atoms with van der Waals surface area (Å²) in [5.41, 5.74) is -0.709. The van der Waals surface area contributed by atoms with Crippen LogP contribution in [0.15, 0.2) is 0 Å². The highest BCUT2D eigenvalue weighted by Gasteiger charge is 2.41. The Bertz CT molecular complexity index is 353. The zero-order chi connectivity index (χ0) is 14.0. The molecule has 114 valence electrons. The van der Waals surface area contributed by atoms with E-state index in [1.165, 1.54) is 12.8 Å². The maximum absolute atomic E-state index is 12.0. The molecule has 2 bridgehead atoms. The molecule has 3 aliphatic rings. The number of amides is 2. The van der Waals surface area contributed by atoms with Crippen molar-refractivity contribution in [2.75, 3.05) is 6.54 Å². The van der Waals surface area contributed by atoms with Gasteiger partial charge in [0.05, 0.1) is 23.9 Å². The summed E-state index contributed by atoms with van der Waals surface area (Å²) in [5.74, 6) is 0. The molecule has 1 saturated carbocycles. The summed E-state index contributed by atoms with van der Waals surface area (Å²) in [6.07, 6.45) is 9.75.